The van der Waals surface area contributed by atoms with Crippen molar-refractivity contribution in [1.82, 2.24) is 4.90 Å². The molecule has 0 aliphatic carbocycles. The Morgan fingerprint density at radius 2 is 2.33 bits per heavy atom. The lowest BCUT2D eigenvalue weighted by molar-refractivity contribution is 0.0762. The third-order valence-corrected chi connectivity index (χ3v) is 3.99. The second kappa shape index (κ2) is 6.75. The number of aliphatic hydroxyl groups excluding tert-OH is 1. The number of rotatable bonds is 2. The molecule has 0 bridgehead atoms. The number of hydrogen-bond donors (Lipinski definition) is 2. The Kier molecular flexibility index (Phi) is 5.00. The van der Waals surface area contributed by atoms with Crippen LogP contribution in [0.25, 0.3) is 0 Å². The summed E-state index contributed by atoms with van der Waals surface area (Å²) >= 11 is 0. The Balaban J connectivity index is 2.12. The van der Waals surface area contributed by atoms with Crippen molar-refractivity contribution in [2.75, 3.05) is 19.6 Å². The molecule has 1 saturated heterocycles. The zero-order valence-electron chi connectivity index (χ0n) is 12.6. The van der Waals surface area contributed by atoms with Gasteiger partial charge in [0.25, 0.3) is 5.91 Å². The molecule has 2 rings (SSSR count). The first-order valence-electron chi connectivity index (χ1n) is 7.30. The number of amides is 1. The second-order valence-electron chi connectivity index (χ2n) is 5.58. The first-order chi connectivity index (χ1) is 10.0. The molecule has 0 spiro atoms. The average molecular weight is 286 g/mol. The van der Waals surface area contributed by atoms with Crippen molar-refractivity contribution >= 4 is 5.91 Å². The van der Waals surface area contributed by atoms with Gasteiger partial charge in [-0.25, -0.2) is 0 Å². The van der Waals surface area contributed by atoms with E-state index in [1.54, 1.807) is 6.92 Å². The molecular weight excluding hydrogens is 264 g/mol. The van der Waals surface area contributed by atoms with E-state index in [-0.39, 0.29) is 17.9 Å². The van der Waals surface area contributed by atoms with Crippen molar-refractivity contribution in [3.63, 3.8) is 0 Å². The van der Waals surface area contributed by atoms with Gasteiger partial charge in [0.2, 0.25) is 0 Å². The summed E-state index contributed by atoms with van der Waals surface area (Å²) in [5, 5.41) is 9.62. The summed E-state index contributed by atoms with van der Waals surface area (Å²) in [7, 11) is 0. The number of aliphatic hydroxyl groups is 1. The molecular formula is C17H22N2O2. The highest BCUT2D eigenvalue weighted by atomic mass is 16.3. The predicted molar refractivity (Wildman–Crippen MR) is 82.8 cm³/mol. The van der Waals surface area contributed by atoms with Gasteiger partial charge in [-0.2, -0.15) is 0 Å². The van der Waals surface area contributed by atoms with Crippen molar-refractivity contribution in [3.8, 4) is 11.8 Å². The van der Waals surface area contributed by atoms with Crippen LogP contribution in [0.3, 0.4) is 0 Å². The van der Waals surface area contributed by atoms with Gasteiger partial charge in [0.05, 0.1) is 12.6 Å². The number of likely N-dealkylation sites (tertiary alicyclic amines) is 1. The Morgan fingerprint density at radius 1 is 1.57 bits per heavy atom. The SMILES string of the molecule is Cc1cc(C(=O)N2CCC(C(C)O)C2)ccc1C#CCN. The zero-order chi connectivity index (χ0) is 15.4. The molecule has 3 N–H and O–H groups in total. The highest BCUT2D eigenvalue weighted by Gasteiger charge is 2.29. The van der Waals surface area contributed by atoms with E-state index in [1.807, 2.05) is 30.0 Å². The quantitative estimate of drug-likeness (QED) is 0.801. The third-order valence-electron chi connectivity index (χ3n) is 3.99. The largest absolute Gasteiger partial charge is 0.393 e. The topological polar surface area (TPSA) is 66.6 Å². The number of nitrogens with two attached hydrogens (primary N) is 1. The normalized spacial score (nSPS) is 19.0. The van der Waals surface area contributed by atoms with Crippen LogP contribution in [0.2, 0.25) is 0 Å². The van der Waals surface area contributed by atoms with E-state index in [2.05, 4.69) is 11.8 Å². The number of carbonyl (C=O) groups excluding carboxylic acids is 1. The van der Waals surface area contributed by atoms with Crippen molar-refractivity contribution in [2.24, 2.45) is 11.7 Å². The molecule has 0 saturated carbocycles. The monoisotopic (exact) mass is 286 g/mol. The van der Waals surface area contributed by atoms with Crippen molar-refractivity contribution in [1.29, 1.82) is 0 Å². The van der Waals surface area contributed by atoms with Crippen LogP contribution in [0.1, 0.15) is 34.8 Å². The van der Waals surface area contributed by atoms with Crippen LogP contribution in [0, 0.1) is 24.7 Å². The zero-order valence-corrected chi connectivity index (χ0v) is 12.6. The van der Waals surface area contributed by atoms with Crippen LogP contribution in [-0.2, 0) is 0 Å². The molecule has 1 aromatic carbocycles. The first-order valence-corrected chi connectivity index (χ1v) is 7.30. The molecule has 1 aromatic rings. The summed E-state index contributed by atoms with van der Waals surface area (Å²) in [6.45, 7) is 5.40. The number of nitrogens with zero attached hydrogens (tertiary/aromatic N) is 1. The molecule has 4 nitrogen and oxygen atoms in total. The molecule has 2 atom stereocenters. The summed E-state index contributed by atoms with van der Waals surface area (Å²) < 4.78 is 0. The highest BCUT2D eigenvalue weighted by molar-refractivity contribution is 5.94. The maximum atomic E-state index is 12.5. The number of benzene rings is 1. The van der Waals surface area contributed by atoms with Crippen LogP contribution >= 0.6 is 0 Å². The summed E-state index contributed by atoms with van der Waals surface area (Å²) in [6, 6.07) is 5.55. The van der Waals surface area contributed by atoms with Crippen LogP contribution in [0.5, 0.6) is 0 Å². The Bertz CT molecular complexity index is 584. The third kappa shape index (κ3) is 3.63. The summed E-state index contributed by atoms with van der Waals surface area (Å²) in [6.07, 6.45) is 0.501. The molecule has 0 radical (unpaired) electrons. The van der Waals surface area contributed by atoms with Crippen molar-refractivity contribution in [2.45, 2.75) is 26.4 Å². The van der Waals surface area contributed by atoms with Gasteiger partial charge in [-0.1, -0.05) is 11.8 Å². The van der Waals surface area contributed by atoms with E-state index in [1.165, 1.54) is 0 Å². The molecule has 0 aromatic heterocycles. The van der Waals surface area contributed by atoms with Crippen LogP contribution in [0.15, 0.2) is 18.2 Å². The maximum Gasteiger partial charge on any atom is 0.253 e. The molecule has 1 heterocycles. The van der Waals surface area contributed by atoms with E-state index in [4.69, 9.17) is 5.73 Å². The Hall–Kier alpha value is -1.83. The van der Waals surface area contributed by atoms with Crippen molar-refractivity contribution < 1.29 is 9.90 Å². The fourth-order valence-electron chi connectivity index (χ4n) is 2.63. The molecule has 2 unspecified atom stereocenters. The van der Waals surface area contributed by atoms with Crippen LogP contribution in [-0.4, -0.2) is 41.7 Å². The van der Waals surface area contributed by atoms with Gasteiger partial charge in [0.15, 0.2) is 0 Å². The summed E-state index contributed by atoms with van der Waals surface area (Å²) in [5.41, 5.74) is 7.93. The second-order valence-corrected chi connectivity index (χ2v) is 5.58. The Labute approximate surface area is 125 Å². The smallest absolute Gasteiger partial charge is 0.253 e. The minimum Gasteiger partial charge on any atom is -0.393 e. The number of aryl methyl sites for hydroxylation is 1. The molecule has 1 amide bonds. The molecule has 21 heavy (non-hydrogen) atoms. The molecule has 1 fully saturated rings. The summed E-state index contributed by atoms with van der Waals surface area (Å²) in [5.74, 6) is 6.03. The van der Waals surface area contributed by atoms with E-state index in [0.29, 0.717) is 25.2 Å². The standard InChI is InChI=1S/C17H22N2O2/c1-12-10-15(6-5-14(12)4-3-8-18)17(21)19-9-7-16(11-19)13(2)20/h5-6,10,13,16,20H,7-9,11,18H2,1-2H3. The average Bonchev–Trinajstić information content (AvgIpc) is 2.95. The predicted octanol–water partition coefficient (Wildman–Crippen LogP) is 1.15. The lowest BCUT2D eigenvalue weighted by atomic mass is 10.0. The lowest BCUT2D eigenvalue weighted by Gasteiger charge is -2.18. The van der Waals surface area contributed by atoms with Crippen molar-refractivity contribution in [3.05, 3.63) is 34.9 Å². The van der Waals surface area contributed by atoms with Gasteiger partial charge in [-0.15, -0.1) is 0 Å². The summed E-state index contributed by atoms with van der Waals surface area (Å²) in [4.78, 5) is 14.3. The van der Waals surface area contributed by atoms with Gasteiger partial charge >= 0.3 is 0 Å². The fourth-order valence-corrected chi connectivity index (χ4v) is 2.63. The van der Waals surface area contributed by atoms with E-state index >= 15 is 0 Å². The minimum atomic E-state index is -0.363. The Morgan fingerprint density at radius 3 is 2.90 bits per heavy atom. The van der Waals surface area contributed by atoms with Gasteiger partial charge in [0.1, 0.15) is 0 Å². The molecule has 4 heteroatoms. The number of hydrogen-bond acceptors (Lipinski definition) is 3. The van der Waals surface area contributed by atoms with E-state index in [0.717, 1.165) is 17.5 Å². The highest BCUT2D eigenvalue weighted by Crippen LogP contribution is 2.22. The van der Waals surface area contributed by atoms with E-state index in [9.17, 15) is 9.90 Å². The maximum absolute atomic E-state index is 12.5. The van der Waals surface area contributed by atoms with E-state index < -0.39 is 0 Å². The van der Waals surface area contributed by atoms with Gasteiger partial charge in [-0.3, -0.25) is 4.79 Å². The number of carbonyl (C=O) groups is 1. The van der Waals surface area contributed by atoms with Crippen LogP contribution < -0.4 is 5.73 Å². The molecule has 1 aliphatic rings. The van der Waals surface area contributed by atoms with Gasteiger partial charge < -0.3 is 15.7 Å². The minimum absolute atomic E-state index is 0.0274. The molecule has 1 aliphatic heterocycles. The van der Waals surface area contributed by atoms with Gasteiger partial charge in [-0.05, 0) is 44.0 Å². The van der Waals surface area contributed by atoms with Crippen LogP contribution in [0.4, 0.5) is 0 Å². The lowest BCUT2D eigenvalue weighted by Crippen LogP contribution is -2.30. The molecule has 112 valence electrons. The fraction of sp³-hybridized carbons (Fsp3) is 0.471. The first kappa shape index (κ1) is 15.6. The van der Waals surface area contributed by atoms with Gasteiger partial charge in [0, 0.05) is 30.1 Å².